The van der Waals surface area contributed by atoms with Gasteiger partial charge in [-0.05, 0) is 31.2 Å². The molecule has 0 saturated carbocycles. The van der Waals surface area contributed by atoms with Gasteiger partial charge in [-0.2, -0.15) is 20.5 Å². The van der Waals surface area contributed by atoms with Crippen molar-refractivity contribution >= 4 is 46.1 Å². The number of aromatic nitrogens is 2. The van der Waals surface area contributed by atoms with Crippen LogP contribution in [0.15, 0.2) is 18.2 Å². The van der Waals surface area contributed by atoms with Crippen molar-refractivity contribution in [3.05, 3.63) is 18.2 Å². The van der Waals surface area contributed by atoms with Crippen LogP contribution in [0.5, 0.6) is 0 Å². The van der Waals surface area contributed by atoms with Crippen molar-refractivity contribution in [2.75, 3.05) is 16.8 Å². The molecule has 0 spiro atoms. The summed E-state index contributed by atoms with van der Waals surface area (Å²) in [6.07, 6.45) is 0.920. The molecule has 1 atom stereocenters. The Morgan fingerprint density at radius 2 is 2.37 bits per heavy atom. The monoisotopic (exact) mass is 296 g/mol. The van der Waals surface area contributed by atoms with Gasteiger partial charge in [0.2, 0.25) is 5.91 Å². The van der Waals surface area contributed by atoms with Gasteiger partial charge in [0.25, 0.3) is 0 Å². The van der Waals surface area contributed by atoms with E-state index >= 15 is 0 Å². The van der Waals surface area contributed by atoms with E-state index in [0.29, 0.717) is 5.75 Å². The first-order valence-corrected chi connectivity index (χ1v) is 7.90. The summed E-state index contributed by atoms with van der Waals surface area (Å²) in [5, 5.41) is 2.87. The molecule has 102 valence electrons. The Kier molecular flexibility index (Phi) is 5.12. The molecule has 1 aromatic carbocycles. The highest BCUT2D eigenvalue weighted by Crippen LogP contribution is 2.21. The van der Waals surface area contributed by atoms with E-state index in [1.165, 1.54) is 0 Å². The van der Waals surface area contributed by atoms with Gasteiger partial charge in [-0.15, -0.1) is 0 Å². The van der Waals surface area contributed by atoms with Gasteiger partial charge in [0, 0.05) is 6.04 Å². The van der Waals surface area contributed by atoms with E-state index in [1.54, 1.807) is 11.8 Å². The summed E-state index contributed by atoms with van der Waals surface area (Å²) in [4.78, 5) is 11.8. The summed E-state index contributed by atoms with van der Waals surface area (Å²) in [7, 11) is 0. The molecule has 1 aromatic heterocycles. The summed E-state index contributed by atoms with van der Waals surface area (Å²) in [6.45, 7) is 1.97. The lowest BCUT2D eigenvalue weighted by Crippen LogP contribution is -2.17. The van der Waals surface area contributed by atoms with Crippen molar-refractivity contribution in [3.8, 4) is 0 Å². The smallest absolute Gasteiger partial charge is 0.234 e. The van der Waals surface area contributed by atoms with Gasteiger partial charge >= 0.3 is 0 Å². The number of nitrogens with one attached hydrogen (secondary N) is 1. The first-order chi connectivity index (χ1) is 9.16. The number of nitrogens with two attached hydrogens (primary N) is 1. The summed E-state index contributed by atoms with van der Waals surface area (Å²) in [5.74, 6) is 1.31. The van der Waals surface area contributed by atoms with Crippen LogP contribution in [0.2, 0.25) is 0 Å². The second-order valence-electron chi connectivity index (χ2n) is 4.30. The van der Waals surface area contributed by atoms with Crippen LogP contribution < -0.4 is 11.1 Å². The average Bonchev–Trinajstić information content (AvgIpc) is 2.84. The van der Waals surface area contributed by atoms with Gasteiger partial charge in [-0.25, -0.2) is 0 Å². The maximum absolute atomic E-state index is 11.8. The topological polar surface area (TPSA) is 80.9 Å². The van der Waals surface area contributed by atoms with E-state index in [1.807, 2.05) is 25.1 Å². The molecule has 0 saturated heterocycles. The molecular weight excluding hydrogens is 280 g/mol. The Hall–Kier alpha value is -1.18. The van der Waals surface area contributed by atoms with Crippen LogP contribution in [-0.4, -0.2) is 32.2 Å². The Morgan fingerprint density at radius 3 is 3.16 bits per heavy atom. The molecule has 2 rings (SSSR count). The number of nitrogens with zero attached hydrogens (tertiary/aromatic N) is 2. The molecular formula is C12H16N4OS2. The number of hydrogen-bond acceptors (Lipinski definition) is 6. The van der Waals surface area contributed by atoms with Crippen molar-refractivity contribution in [2.24, 2.45) is 5.73 Å². The molecule has 0 bridgehead atoms. The highest BCUT2D eigenvalue weighted by Gasteiger charge is 2.08. The predicted molar refractivity (Wildman–Crippen MR) is 81.6 cm³/mol. The fourth-order valence-electron chi connectivity index (χ4n) is 1.53. The van der Waals surface area contributed by atoms with E-state index in [9.17, 15) is 4.79 Å². The highest BCUT2D eigenvalue weighted by molar-refractivity contribution is 7.99. The van der Waals surface area contributed by atoms with E-state index in [-0.39, 0.29) is 11.9 Å². The standard InChI is InChI=1S/C12H16N4OS2/c1-8(13)5-6-18-7-11(17)14-9-3-2-4-10-12(9)16-19-15-10/h2-4,8H,5-7,13H2,1H3,(H,14,17). The van der Waals surface area contributed by atoms with Crippen LogP contribution >= 0.6 is 23.5 Å². The molecule has 0 aliphatic heterocycles. The van der Waals surface area contributed by atoms with Crippen molar-refractivity contribution in [2.45, 2.75) is 19.4 Å². The van der Waals surface area contributed by atoms with Gasteiger partial charge in [-0.1, -0.05) is 6.07 Å². The third kappa shape index (κ3) is 4.15. The quantitative estimate of drug-likeness (QED) is 0.798. The van der Waals surface area contributed by atoms with Gasteiger partial charge in [0.05, 0.1) is 23.2 Å². The summed E-state index contributed by atoms with van der Waals surface area (Å²) >= 11 is 2.74. The highest BCUT2D eigenvalue weighted by atomic mass is 32.2. The van der Waals surface area contributed by atoms with Crippen LogP contribution in [0.3, 0.4) is 0 Å². The molecule has 0 aliphatic carbocycles. The lowest BCUT2D eigenvalue weighted by atomic mass is 10.2. The molecule has 5 nitrogen and oxygen atoms in total. The average molecular weight is 296 g/mol. The minimum absolute atomic E-state index is 0.0184. The van der Waals surface area contributed by atoms with Crippen LogP contribution in [0.1, 0.15) is 13.3 Å². The molecule has 3 N–H and O–H groups in total. The van der Waals surface area contributed by atoms with Crippen LogP contribution in [0.25, 0.3) is 11.0 Å². The second-order valence-corrected chi connectivity index (χ2v) is 5.94. The van der Waals surface area contributed by atoms with Crippen molar-refractivity contribution in [1.29, 1.82) is 0 Å². The van der Waals surface area contributed by atoms with Crippen molar-refractivity contribution in [3.63, 3.8) is 0 Å². The van der Waals surface area contributed by atoms with Gasteiger partial charge in [-0.3, -0.25) is 4.79 Å². The van der Waals surface area contributed by atoms with E-state index in [0.717, 1.165) is 40.6 Å². The second kappa shape index (κ2) is 6.83. The fourth-order valence-corrected chi connectivity index (χ4v) is 3.02. The lowest BCUT2D eigenvalue weighted by molar-refractivity contribution is -0.113. The van der Waals surface area contributed by atoms with Crippen LogP contribution in [0.4, 0.5) is 5.69 Å². The van der Waals surface area contributed by atoms with Crippen LogP contribution in [0, 0.1) is 0 Å². The molecule has 19 heavy (non-hydrogen) atoms. The normalized spacial score (nSPS) is 12.5. The zero-order valence-electron chi connectivity index (χ0n) is 10.6. The van der Waals surface area contributed by atoms with E-state index in [4.69, 9.17) is 5.73 Å². The summed E-state index contributed by atoms with van der Waals surface area (Å²) in [5.41, 5.74) is 7.95. The number of rotatable bonds is 6. The first-order valence-electron chi connectivity index (χ1n) is 6.01. The SMILES string of the molecule is CC(N)CCSCC(=O)Nc1cccc2nsnc12. The minimum Gasteiger partial charge on any atom is -0.328 e. The maximum atomic E-state index is 11.8. The summed E-state index contributed by atoms with van der Waals surface area (Å²) in [6, 6.07) is 5.77. The molecule has 2 aromatic rings. The predicted octanol–water partition coefficient (Wildman–Crippen LogP) is 2.10. The number of anilines is 1. The third-order valence-corrected chi connectivity index (χ3v) is 4.04. The number of thioether (sulfide) groups is 1. The molecule has 0 aliphatic rings. The Morgan fingerprint density at radius 1 is 1.53 bits per heavy atom. The zero-order chi connectivity index (χ0) is 13.7. The molecule has 1 heterocycles. The van der Waals surface area contributed by atoms with Gasteiger partial charge in [0.15, 0.2) is 0 Å². The van der Waals surface area contributed by atoms with Gasteiger partial charge in [0.1, 0.15) is 11.0 Å². The first kappa shape index (κ1) is 14.2. The van der Waals surface area contributed by atoms with Crippen molar-refractivity contribution in [1.82, 2.24) is 8.75 Å². The molecule has 1 unspecified atom stereocenters. The maximum Gasteiger partial charge on any atom is 0.234 e. The number of benzene rings is 1. The Bertz CT molecular complexity index is 555. The fraction of sp³-hybridized carbons (Fsp3) is 0.417. The van der Waals surface area contributed by atoms with Crippen molar-refractivity contribution < 1.29 is 4.79 Å². The van der Waals surface area contributed by atoms with E-state index < -0.39 is 0 Å². The largest absolute Gasteiger partial charge is 0.328 e. The molecule has 0 radical (unpaired) electrons. The molecule has 0 fully saturated rings. The number of fused-ring (bicyclic) bond motifs is 1. The summed E-state index contributed by atoms with van der Waals surface area (Å²) < 4.78 is 8.33. The van der Waals surface area contributed by atoms with Crippen LogP contribution in [-0.2, 0) is 4.79 Å². The Balaban J connectivity index is 1.87. The number of carbonyl (C=O) groups excluding carboxylic acids is 1. The lowest BCUT2D eigenvalue weighted by Gasteiger charge is -2.06. The Labute approximate surface area is 120 Å². The zero-order valence-corrected chi connectivity index (χ0v) is 12.3. The van der Waals surface area contributed by atoms with Gasteiger partial charge < -0.3 is 11.1 Å². The molecule has 1 amide bonds. The van der Waals surface area contributed by atoms with E-state index in [2.05, 4.69) is 14.1 Å². The number of hydrogen-bond donors (Lipinski definition) is 2. The molecule has 7 heteroatoms. The third-order valence-electron chi connectivity index (χ3n) is 2.51. The number of carbonyl (C=O) groups is 1. The number of amides is 1. The minimum atomic E-state index is -0.0184.